The summed E-state index contributed by atoms with van der Waals surface area (Å²) in [5.74, 6) is 0.379. The van der Waals surface area contributed by atoms with Gasteiger partial charge in [-0.2, -0.15) is 0 Å². The number of hydrogen-bond donors (Lipinski definition) is 0. The van der Waals surface area contributed by atoms with Gasteiger partial charge in [-0.3, -0.25) is 0 Å². The van der Waals surface area contributed by atoms with Crippen LogP contribution in [0.4, 0.5) is 0 Å². The molecule has 5 heteroatoms. The van der Waals surface area contributed by atoms with E-state index >= 15 is 0 Å². The van der Waals surface area contributed by atoms with Gasteiger partial charge in [-0.15, -0.1) is 0 Å². The average Bonchev–Trinajstić information content (AvgIpc) is 2.49. The molecule has 1 aromatic heterocycles. The molecule has 0 N–H and O–H groups in total. The Bertz CT molecular complexity index is 560. The maximum Gasteiger partial charge on any atom is 0.360 e. The molecule has 0 amide bonds. The minimum absolute atomic E-state index is 0.211. The highest BCUT2D eigenvalue weighted by Gasteiger charge is 2.14. The van der Waals surface area contributed by atoms with Gasteiger partial charge < -0.3 is 9.47 Å². The van der Waals surface area contributed by atoms with Crippen molar-refractivity contribution in [3.8, 4) is 5.75 Å². The zero-order chi connectivity index (χ0) is 14.2. The van der Waals surface area contributed by atoms with Crippen LogP contribution in [0.3, 0.4) is 0 Å². The first-order valence-corrected chi connectivity index (χ1v) is 7.22. The van der Waals surface area contributed by atoms with E-state index in [9.17, 15) is 4.79 Å². The number of carbonyl (C=O) groups excluding carboxylic acids is 1. The number of ether oxygens (including phenoxy) is 2. The number of thioether (sulfide) groups is 1. The Labute approximate surface area is 122 Å². The predicted octanol–water partition coefficient (Wildman–Crippen LogP) is 3.39. The molecule has 0 aliphatic carbocycles. The van der Waals surface area contributed by atoms with E-state index in [0.717, 1.165) is 4.90 Å². The molecule has 20 heavy (non-hydrogen) atoms. The normalized spacial score (nSPS) is 10.1. The molecule has 0 atom stereocenters. The Morgan fingerprint density at radius 1 is 1.20 bits per heavy atom. The molecular formula is C15H15NO3S. The van der Waals surface area contributed by atoms with E-state index in [1.807, 2.05) is 30.3 Å². The number of rotatable bonds is 6. The van der Waals surface area contributed by atoms with Gasteiger partial charge in [0.25, 0.3) is 0 Å². The van der Waals surface area contributed by atoms with E-state index in [0.29, 0.717) is 18.3 Å². The summed E-state index contributed by atoms with van der Waals surface area (Å²) in [6, 6.07) is 13.3. The van der Waals surface area contributed by atoms with Crippen LogP contribution < -0.4 is 4.74 Å². The van der Waals surface area contributed by atoms with Gasteiger partial charge in [0.2, 0.25) is 0 Å². The van der Waals surface area contributed by atoms with E-state index in [1.165, 1.54) is 0 Å². The lowest BCUT2D eigenvalue weighted by molar-refractivity contribution is 0.0515. The molecule has 0 radical (unpaired) electrons. The van der Waals surface area contributed by atoms with Crippen LogP contribution in [-0.2, 0) is 4.74 Å². The third-order valence-electron chi connectivity index (χ3n) is 2.42. The predicted molar refractivity (Wildman–Crippen MR) is 78.0 cm³/mol. The molecule has 0 aliphatic rings. The Balaban J connectivity index is 1.97. The zero-order valence-corrected chi connectivity index (χ0v) is 11.9. The van der Waals surface area contributed by atoms with Crippen LogP contribution in [0.15, 0.2) is 53.6 Å². The van der Waals surface area contributed by atoms with Crippen molar-refractivity contribution < 1.29 is 14.3 Å². The molecule has 1 heterocycles. The molecule has 0 spiro atoms. The maximum atomic E-state index is 11.7. The van der Waals surface area contributed by atoms with Crippen molar-refractivity contribution in [2.24, 2.45) is 0 Å². The third kappa shape index (κ3) is 3.99. The fraction of sp³-hybridized carbons (Fsp3) is 0.200. The van der Waals surface area contributed by atoms with Gasteiger partial charge in [0.05, 0.1) is 6.61 Å². The van der Waals surface area contributed by atoms with Gasteiger partial charge in [0.1, 0.15) is 5.94 Å². The zero-order valence-electron chi connectivity index (χ0n) is 11.1. The number of benzene rings is 1. The average molecular weight is 289 g/mol. The Morgan fingerprint density at radius 2 is 2.00 bits per heavy atom. The monoisotopic (exact) mass is 289 g/mol. The number of pyridine rings is 1. The van der Waals surface area contributed by atoms with Gasteiger partial charge in [-0.25, -0.2) is 9.78 Å². The van der Waals surface area contributed by atoms with Crippen molar-refractivity contribution in [1.82, 2.24) is 4.98 Å². The minimum atomic E-state index is -0.465. The topological polar surface area (TPSA) is 48.4 Å². The second kappa shape index (κ2) is 7.55. The van der Waals surface area contributed by atoms with E-state index in [-0.39, 0.29) is 5.69 Å². The van der Waals surface area contributed by atoms with E-state index < -0.39 is 5.97 Å². The van der Waals surface area contributed by atoms with Crippen molar-refractivity contribution in [2.45, 2.75) is 11.8 Å². The highest BCUT2D eigenvalue weighted by molar-refractivity contribution is 7.99. The molecule has 2 aromatic rings. The molecule has 0 saturated heterocycles. The highest BCUT2D eigenvalue weighted by atomic mass is 32.2. The molecular weight excluding hydrogens is 274 g/mol. The molecule has 4 nitrogen and oxygen atoms in total. The molecule has 0 bridgehead atoms. The van der Waals surface area contributed by atoms with Crippen LogP contribution >= 0.6 is 11.8 Å². The summed E-state index contributed by atoms with van der Waals surface area (Å²) in [5.41, 5.74) is 0.211. The van der Waals surface area contributed by atoms with E-state index in [2.05, 4.69) is 4.98 Å². The molecule has 0 unspecified atom stereocenters. The second-order valence-corrected chi connectivity index (χ2v) is 4.79. The lowest BCUT2D eigenvalue weighted by Gasteiger charge is -2.09. The van der Waals surface area contributed by atoms with Gasteiger partial charge in [0, 0.05) is 11.1 Å². The van der Waals surface area contributed by atoms with Crippen molar-refractivity contribution in [3.63, 3.8) is 0 Å². The van der Waals surface area contributed by atoms with Crippen molar-refractivity contribution >= 4 is 17.7 Å². The number of esters is 1. The van der Waals surface area contributed by atoms with Crippen LogP contribution in [0.5, 0.6) is 5.75 Å². The lowest BCUT2D eigenvalue weighted by Crippen LogP contribution is -2.09. The molecule has 0 aliphatic heterocycles. The first kappa shape index (κ1) is 14.4. The second-order valence-electron chi connectivity index (χ2n) is 3.79. The Hall–Kier alpha value is -2.01. The summed E-state index contributed by atoms with van der Waals surface area (Å²) in [6.45, 7) is 2.07. The van der Waals surface area contributed by atoms with E-state index in [1.54, 1.807) is 37.0 Å². The highest BCUT2D eigenvalue weighted by Crippen LogP contribution is 2.21. The fourth-order valence-corrected chi connectivity index (χ4v) is 2.21. The van der Waals surface area contributed by atoms with Crippen molar-refractivity contribution in [3.05, 3.63) is 54.4 Å². The van der Waals surface area contributed by atoms with Crippen LogP contribution in [0.25, 0.3) is 0 Å². The molecule has 0 saturated carbocycles. The van der Waals surface area contributed by atoms with Crippen LogP contribution in [-0.4, -0.2) is 23.5 Å². The minimum Gasteiger partial charge on any atom is -0.480 e. The smallest absolute Gasteiger partial charge is 0.360 e. The standard InChI is InChI=1S/C15H15NO3S/c1-2-18-15(17)14-13(9-6-10-16-14)19-11-20-12-7-4-3-5-8-12/h3-10H,2,11H2,1H3. The first-order valence-electron chi connectivity index (χ1n) is 6.24. The number of nitrogens with zero attached hydrogens (tertiary/aromatic N) is 1. The summed E-state index contributed by atoms with van der Waals surface area (Å²) >= 11 is 1.55. The van der Waals surface area contributed by atoms with Crippen molar-refractivity contribution in [2.75, 3.05) is 12.5 Å². The van der Waals surface area contributed by atoms with Crippen LogP contribution in [0, 0.1) is 0 Å². The summed E-state index contributed by atoms with van der Waals surface area (Å²) in [6.07, 6.45) is 1.55. The third-order valence-corrected chi connectivity index (χ3v) is 3.26. The molecule has 104 valence electrons. The summed E-state index contributed by atoms with van der Waals surface area (Å²) in [5, 5.41) is 0. The number of carbonyl (C=O) groups is 1. The quantitative estimate of drug-likeness (QED) is 0.463. The first-order chi connectivity index (χ1) is 9.81. The summed E-state index contributed by atoms with van der Waals surface area (Å²) < 4.78 is 10.6. The van der Waals surface area contributed by atoms with Crippen LogP contribution in [0.1, 0.15) is 17.4 Å². The van der Waals surface area contributed by atoms with E-state index in [4.69, 9.17) is 9.47 Å². The fourth-order valence-electron chi connectivity index (χ4n) is 1.54. The Morgan fingerprint density at radius 3 is 2.75 bits per heavy atom. The number of aromatic nitrogens is 1. The van der Waals surface area contributed by atoms with Gasteiger partial charge in [-0.1, -0.05) is 30.0 Å². The van der Waals surface area contributed by atoms with Crippen LogP contribution in [0.2, 0.25) is 0 Å². The Kier molecular flexibility index (Phi) is 5.43. The largest absolute Gasteiger partial charge is 0.480 e. The molecule has 1 aromatic carbocycles. The number of hydrogen-bond acceptors (Lipinski definition) is 5. The van der Waals surface area contributed by atoms with Gasteiger partial charge in [-0.05, 0) is 31.2 Å². The molecule has 0 fully saturated rings. The SMILES string of the molecule is CCOC(=O)c1ncccc1OCSc1ccccc1. The lowest BCUT2D eigenvalue weighted by atomic mass is 10.3. The van der Waals surface area contributed by atoms with Gasteiger partial charge in [0.15, 0.2) is 11.4 Å². The van der Waals surface area contributed by atoms with Gasteiger partial charge >= 0.3 is 5.97 Å². The summed E-state index contributed by atoms with van der Waals surface area (Å²) in [4.78, 5) is 16.8. The maximum absolute atomic E-state index is 11.7. The van der Waals surface area contributed by atoms with Crippen molar-refractivity contribution in [1.29, 1.82) is 0 Å². The molecule has 2 rings (SSSR count). The summed E-state index contributed by atoms with van der Waals surface area (Å²) in [7, 11) is 0.